The van der Waals surface area contributed by atoms with E-state index in [-0.39, 0.29) is 10.6 Å². The molecule has 0 fully saturated rings. The van der Waals surface area contributed by atoms with E-state index in [1.807, 2.05) is 0 Å². The van der Waals surface area contributed by atoms with E-state index in [4.69, 9.17) is 11.5 Å². The Labute approximate surface area is 187 Å². The number of carbonyl (C=O) groups excluding carboxylic acids is 2. The maximum Gasteiger partial charge on any atom is 0.285 e. The van der Waals surface area contributed by atoms with Crippen LogP contribution in [0.3, 0.4) is 0 Å². The van der Waals surface area contributed by atoms with Crippen molar-refractivity contribution >= 4 is 50.9 Å². The minimum absolute atomic E-state index is 0.0198. The van der Waals surface area contributed by atoms with Crippen molar-refractivity contribution in [3.8, 4) is 0 Å². The van der Waals surface area contributed by atoms with E-state index in [2.05, 4.69) is 20.0 Å². The minimum atomic E-state index is -4.05. The fraction of sp³-hybridized carbons (Fsp3) is 0. The van der Waals surface area contributed by atoms with Gasteiger partial charge in [0, 0.05) is 18.1 Å². The van der Waals surface area contributed by atoms with Crippen LogP contribution in [0.5, 0.6) is 0 Å². The van der Waals surface area contributed by atoms with Crippen LogP contribution < -0.4 is 22.1 Å². The molecule has 0 aliphatic rings. The quantitative estimate of drug-likeness (QED) is 0.230. The van der Waals surface area contributed by atoms with Gasteiger partial charge in [0.2, 0.25) is 5.96 Å². The van der Waals surface area contributed by atoms with Gasteiger partial charge in [-0.3, -0.25) is 14.6 Å². The molecule has 0 aliphatic carbocycles. The molecule has 10 nitrogen and oxygen atoms in total. The van der Waals surface area contributed by atoms with Crippen LogP contribution in [0.2, 0.25) is 0 Å². The Balaban J connectivity index is 1.83. The molecule has 0 unspecified atom stereocenters. The minimum Gasteiger partial charge on any atom is -0.369 e. The second-order valence-corrected chi connectivity index (χ2v) is 8.80. The topological polar surface area (TPSA) is 170 Å². The smallest absolute Gasteiger partial charge is 0.285 e. The van der Waals surface area contributed by atoms with Crippen LogP contribution in [-0.2, 0) is 14.8 Å². The van der Waals surface area contributed by atoms with Crippen molar-refractivity contribution < 1.29 is 18.0 Å². The number of rotatable bonds is 7. The summed E-state index contributed by atoms with van der Waals surface area (Å²) in [4.78, 5) is 29.6. The van der Waals surface area contributed by atoms with Gasteiger partial charge in [0.05, 0.1) is 9.77 Å². The third kappa shape index (κ3) is 6.00. The zero-order valence-electron chi connectivity index (χ0n) is 16.4. The molecular weight excluding hydrogens is 452 g/mol. The summed E-state index contributed by atoms with van der Waals surface area (Å²) in [6.07, 6.45) is 4.60. The summed E-state index contributed by atoms with van der Waals surface area (Å²) in [6.45, 7) is 0. The predicted molar refractivity (Wildman–Crippen MR) is 122 cm³/mol. The van der Waals surface area contributed by atoms with E-state index in [1.165, 1.54) is 47.9 Å². The second kappa shape index (κ2) is 9.85. The summed E-state index contributed by atoms with van der Waals surface area (Å²) >= 11 is 1.23. The van der Waals surface area contributed by atoms with E-state index < -0.39 is 27.8 Å². The number of nitrogens with one attached hydrogen (secondary N) is 2. The SMILES string of the molecule is NC(N)=NS(=O)(=O)c1ccc(NC(=O)C(=Cc2cccnc2)NC(=O)c2cccs2)cc1. The van der Waals surface area contributed by atoms with Gasteiger partial charge in [0.25, 0.3) is 21.8 Å². The molecule has 32 heavy (non-hydrogen) atoms. The fourth-order valence-corrected chi connectivity index (χ4v) is 3.96. The van der Waals surface area contributed by atoms with E-state index in [0.717, 1.165) is 0 Å². The molecule has 0 aliphatic heterocycles. The lowest BCUT2D eigenvalue weighted by Gasteiger charge is -2.11. The number of amides is 2. The molecule has 3 rings (SSSR count). The normalized spacial score (nSPS) is 11.4. The highest BCUT2D eigenvalue weighted by Crippen LogP contribution is 2.17. The van der Waals surface area contributed by atoms with Gasteiger partial charge >= 0.3 is 0 Å². The van der Waals surface area contributed by atoms with Gasteiger partial charge in [0.15, 0.2) is 0 Å². The first-order valence-electron chi connectivity index (χ1n) is 8.98. The summed E-state index contributed by atoms with van der Waals surface area (Å²) in [6, 6.07) is 12.0. The summed E-state index contributed by atoms with van der Waals surface area (Å²) in [5, 5.41) is 6.96. The number of thiophene rings is 1. The van der Waals surface area contributed by atoms with E-state index in [0.29, 0.717) is 16.1 Å². The molecule has 12 heteroatoms. The van der Waals surface area contributed by atoms with Crippen LogP contribution in [0.4, 0.5) is 5.69 Å². The molecule has 2 amide bonds. The summed E-state index contributed by atoms with van der Waals surface area (Å²) < 4.78 is 27.2. The Kier molecular flexibility index (Phi) is 6.97. The van der Waals surface area contributed by atoms with Crippen LogP contribution in [-0.4, -0.2) is 31.2 Å². The number of hydrogen-bond acceptors (Lipinski definition) is 6. The molecule has 6 N–H and O–H groups in total. The van der Waals surface area contributed by atoms with Gasteiger partial charge in [0.1, 0.15) is 5.70 Å². The van der Waals surface area contributed by atoms with Gasteiger partial charge in [-0.1, -0.05) is 12.1 Å². The van der Waals surface area contributed by atoms with Gasteiger partial charge < -0.3 is 22.1 Å². The monoisotopic (exact) mass is 470 g/mol. The number of guanidine groups is 1. The number of pyridine rings is 1. The van der Waals surface area contributed by atoms with E-state index in [1.54, 1.807) is 35.8 Å². The molecule has 0 saturated carbocycles. The molecule has 0 bridgehead atoms. The van der Waals surface area contributed by atoms with Crippen molar-refractivity contribution in [2.45, 2.75) is 4.90 Å². The average molecular weight is 471 g/mol. The summed E-state index contributed by atoms with van der Waals surface area (Å²) in [7, 11) is -4.05. The maximum absolute atomic E-state index is 12.9. The summed E-state index contributed by atoms with van der Waals surface area (Å²) in [5.74, 6) is -1.64. The highest BCUT2D eigenvalue weighted by Gasteiger charge is 2.17. The van der Waals surface area contributed by atoms with E-state index in [9.17, 15) is 18.0 Å². The number of aromatic nitrogens is 1. The number of nitrogens with zero attached hydrogens (tertiary/aromatic N) is 2. The first kappa shape index (κ1) is 22.7. The maximum atomic E-state index is 12.9. The Hall–Kier alpha value is -4.03. The van der Waals surface area contributed by atoms with Gasteiger partial charge in [-0.2, -0.15) is 8.42 Å². The van der Waals surface area contributed by atoms with Crippen LogP contribution >= 0.6 is 11.3 Å². The number of nitrogens with two attached hydrogens (primary N) is 2. The Bertz CT molecular complexity index is 1270. The van der Waals surface area contributed by atoms with Gasteiger partial charge in [-0.25, -0.2) is 0 Å². The molecule has 0 atom stereocenters. The predicted octanol–water partition coefficient (Wildman–Crippen LogP) is 1.51. The Morgan fingerprint density at radius 1 is 1.06 bits per heavy atom. The lowest BCUT2D eigenvalue weighted by molar-refractivity contribution is -0.113. The molecule has 3 aromatic rings. The van der Waals surface area contributed by atoms with Crippen molar-refractivity contribution in [1.82, 2.24) is 10.3 Å². The molecule has 0 radical (unpaired) electrons. The largest absolute Gasteiger partial charge is 0.369 e. The Morgan fingerprint density at radius 3 is 2.41 bits per heavy atom. The first-order valence-corrected chi connectivity index (χ1v) is 11.3. The lowest BCUT2D eigenvalue weighted by atomic mass is 10.2. The van der Waals surface area contributed by atoms with E-state index >= 15 is 0 Å². The average Bonchev–Trinajstić information content (AvgIpc) is 3.28. The second-order valence-electron chi connectivity index (χ2n) is 6.25. The van der Waals surface area contributed by atoms with Crippen molar-refractivity contribution in [2.24, 2.45) is 15.9 Å². The van der Waals surface area contributed by atoms with Crippen LogP contribution in [0.1, 0.15) is 15.2 Å². The van der Waals surface area contributed by atoms with Crippen LogP contribution in [0.15, 0.2) is 81.3 Å². The molecule has 2 heterocycles. The number of sulfonamides is 1. The van der Waals surface area contributed by atoms with Crippen LogP contribution in [0, 0.1) is 0 Å². The van der Waals surface area contributed by atoms with Gasteiger partial charge in [-0.15, -0.1) is 15.7 Å². The highest BCUT2D eigenvalue weighted by molar-refractivity contribution is 7.90. The standard InChI is InChI=1S/C20H18N6O4S2/c21-20(22)26-32(29,30)15-7-5-14(6-8-15)24-18(27)16(11-13-3-1-9-23-12-13)25-19(28)17-4-2-10-31-17/h1-12H,(H,24,27)(H,25,28)(H4,21,22,26). The molecular formula is C20H18N6O4S2. The van der Waals surface area contributed by atoms with Gasteiger partial charge in [-0.05, 0) is 53.4 Å². The van der Waals surface area contributed by atoms with Crippen molar-refractivity contribution in [1.29, 1.82) is 0 Å². The molecule has 0 saturated heterocycles. The highest BCUT2D eigenvalue weighted by atomic mass is 32.2. The molecule has 164 valence electrons. The third-order valence-corrected chi connectivity index (χ3v) is 6.06. The molecule has 2 aromatic heterocycles. The lowest BCUT2D eigenvalue weighted by Crippen LogP contribution is -2.30. The number of hydrogen-bond donors (Lipinski definition) is 4. The number of carbonyl (C=O) groups is 2. The first-order chi connectivity index (χ1) is 15.2. The summed E-state index contributed by atoms with van der Waals surface area (Å²) in [5.41, 5.74) is 11.1. The van der Waals surface area contributed by atoms with Crippen molar-refractivity contribution in [3.05, 3.63) is 82.4 Å². The van der Waals surface area contributed by atoms with Crippen molar-refractivity contribution in [3.63, 3.8) is 0 Å². The zero-order valence-corrected chi connectivity index (χ0v) is 18.1. The third-order valence-electron chi connectivity index (χ3n) is 3.87. The van der Waals surface area contributed by atoms with Crippen molar-refractivity contribution in [2.75, 3.05) is 5.32 Å². The molecule has 0 spiro atoms. The number of benzene rings is 1. The number of anilines is 1. The fourth-order valence-electron chi connectivity index (χ4n) is 2.48. The Morgan fingerprint density at radius 2 is 1.81 bits per heavy atom. The molecule has 1 aromatic carbocycles. The zero-order chi connectivity index (χ0) is 23.1. The van der Waals surface area contributed by atoms with Crippen LogP contribution in [0.25, 0.3) is 6.08 Å².